The molecule has 0 saturated heterocycles. The van der Waals surface area contributed by atoms with E-state index in [0.717, 1.165) is 52.8 Å². The number of unbranched alkanes of at least 4 members (excludes halogenated alkanes) is 2. The van der Waals surface area contributed by atoms with Crippen molar-refractivity contribution in [2.75, 3.05) is 0 Å². The first-order chi connectivity index (χ1) is 14.4. The molecule has 1 aliphatic rings. The molecule has 0 saturated carbocycles. The van der Waals surface area contributed by atoms with Crippen LogP contribution in [-0.4, -0.2) is 12.3 Å². The third-order valence-electron chi connectivity index (χ3n) is 4.87. The van der Waals surface area contributed by atoms with Gasteiger partial charge in [0.2, 0.25) is 15.3 Å². The van der Waals surface area contributed by atoms with Crippen LogP contribution in [0.2, 0.25) is 0 Å². The van der Waals surface area contributed by atoms with E-state index in [2.05, 4.69) is 38.6 Å². The van der Waals surface area contributed by atoms with E-state index in [1.807, 2.05) is 12.1 Å². The molecule has 0 bridgehead atoms. The Hall–Kier alpha value is -2.36. The average Bonchev–Trinajstić information content (AvgIpc) is 2.67. The van der Waals surface area contributed by atoms with Crippen molar-refractivity contribution in [3.63, 3.8) is 0 Å². The Morgan fingerprint density at radius 2 is 2.00 bits per heavy atom. The average molecular weight is 428 g/mol. The van der Waals surface area contributed by atoms with Gasteiger partial charge >= 0.3 is 5.97 Å². The van der Waals surface area contributed by atoms with Gasteiger partial charge in [-0.05, 0) is 44.4 Å². The summed E-state index contributed by atoms with van der Waals surface area (Å²) < 4.78 is 22.7. The van der Waals surface area contributed by atoms with Crippen LogP contribution in [0.25, 0.3) is 16.9 Å². The second-order valence-corrected chi connectivity index (χ2v) is 8.09. The van der Waals surface area contributed by atoms with Crippen molar-refractivity contribution in [2.24, 2.45) is 0 Å². The maximum atomic E-state index is 11.1. The highest BCUT2D eigenvalue weighted by Gasteiger charge is 2.25. The Balaban J connectivity index is 1.93. The number of rotatable bonds is 9. The van der Waals surface area contributed by atoms with Gasteiger partial charge in [0.05, 0.1) is 5.56 Å². The van der Waals surface area contributed by atoms with Crippen LogP contribution in [0.1, 0.15) is 56.7 Å². The van der Waals surface area contributed by atoms with Gasteiger partial charge in [-0.2, -0.15) is 0 Å². The molecule has 2 aromatic rings. The van der Waals surface area contributed by atoms with Crippen LogP contribution in [0.15, 0.2) is 36.9 Å². The van der Waals surface area contributed by atoms with E-state index in [9.17, 15) is 4.79 Å². The molecule has 3 rings (SSSR count). The van der Waals surface area contributed by atoms with E-state index in [-0.39, 0.29) is 15.0 Å². The fraction of sp³-hybridized carbons (Fsp3) is 0.375. The third-order valence-corrected chi connectivity index (χ3v) is 5.60. The number of ether oxygens (including phenoxy) is 2. The number of carbonyl (C=O) groups is 1. The lowest BCUT2D eigenvalue weighted by Gasteiger charge is -2.26. The minimum Gasteiger partial charge on any atom is -0.457 e. The summed E-state index contributed by atoms with van der Waals surface area (Å²) in [6.07, 6.45) is 3.72. The van der Waals surface area contributed by atoms with Gasteiger partial charge in [0.15, 0.2) is 0 Å². The van der Waals surface area contributed by atoms with Gasteiger partial charge in [-0.25, -0.2) is 0 Å². The van der Waals surface area contributed by atoms with Crippen molar-refractivity contribution in [3.05, 3.63) is 53.6 Å². The second kappa shape index (κ2) is 10.1. The number of carbonyl (C=O) groups excluding carboxylic acids is 1. The molecule has 1 heterocycles. The monoisotopic (exact) mass is 428 g/mol. The van der Waals surface area contributed by atoms with Gasteiger partial charge in [0, 0.05) is 18.1 Å². The summed E-state index contributed by atoms with van der Waals surface area (Å²) in [5, 5.41) is 0. The van der Waals surface area contributed by atoms with Crippen molar-refractivity contribution in [2.45, 2.75) is 59.7 Å². The normalized spacial score (nSPS) is 13.5. The molecular weight excluding hydrogens is 399 g/mol. The lowest BCUT2D eigenvalue weighted by molar-refractivity contribution is -0.157. The minimum atomic E-state index is -0.671. The Morgan fingerprint density at radius 3 is 2.73 bits per heavy atom. The zero-order valence-electron chi connectivity index (χ0n) is 18.0. The lowest BCUT2D eigenvalue weighted by Crippen LogP contribution is -2.12. The van der Waals surface area contributed by atoms with Gasteiger partial charge in [-0.1, -0.05) is 50.1 Å². The number of fused-ring (bicyclic) bond motifs is 3. The lowest BCUT2D eigenvalue weighted by atomic mass is 9.91. The highest BCUT2D eigenvalue weighted by atomic mass is 31.1. The molecule has 30 heavy (non-hydrogen) atoms. The fourth-order valence-electron chi connectivity index (χ4n) is 3.48. The molecule has 5 nitrogen and oxygen atoms in total. The largest absolute Gasteiger partial charge is 0.457 e. The van der Waals surface area contributed by atoms with E-state index in [1.54, 1.807) is 6.92 Å². The van der Waals surface area contributed by atoms with Crippen LogP contribution >= 0.6 is 9.03 Å². The van der Waals surface area contributed by atoms with E-state index in [1.165, 1.54) is 13.3 Å². The van der Waals surface area contributed by atoms with Crippen molar-refractivity contribution in [3.8, 4) is 22.6 Å². The van der Waals surface area contributed by atoms with Crippen LogP contribution in [0.5, 0.6) is 11.5 Å². The first-order valence-corrected chi connectivity index (χ1v) is 11.1. The number of esters is 1. The summed E-state index contributed by atoms with van der Waals surface area (Å²) in [5.74, 6) is 1.70. The van der Waals surface area contributed by atoms with Crippen molar-refractivity contribution < 1.29 is 23.3 Å². The molecule has 0 radical (unpaired) electrons. The molecule has 2 aromatic carbocycles. The maximum Gasteiger partial charge on any atom is 0.304 e. The summed E-state index contributed by atoms with van der Waals surface area (Å²) in [4.78, 5) is 11.1. The minimum absolute atomic E-state index is 0.317. The van der Waals surface area contributed by atoms with E-state index < -0.39 is 6.29 Å². The van der Waals surface area contributed by atoms with Crippen LogP contribution in [0, 0.1) is 6.92 Å². The zero-order valence-corrected chi connectivity index (χ0v) is 19.0. The predicted octanol–water partition coefficient (Wildman–Crippen LogP) is 6.57. The van der Waals surface area contributed by atoms with Crippen molar-refractivity contribution >= 4 is 20.8 Å². The maximum absolute atomic E-state index is 11.1. The van der Waals surface area contributed by atoms with Crippen LogP contribution in [-0.2, 0) is 20.5 Å². The second-order valence-electron chi connectivity index (χ2n) is 7.48. The van der Waals surface area contributed by atoms with Crippen LogP contribution in [0.4, 0.5) is 0 Å². The Kier molecular flexibility index (Phi) is 7.52. The van der Waals surface area contributed by atoms with Gasteiger partial charge in [0.1, 0.15) is 17.3 Å². The number of aryl methyl sites for hydroxylation is 2. The molecule has 6 heteroatoms. The molecule has 1 aliphatic heterocycles. The van der Waals surface area contributed by atoms with E-state index in [0.29, 0.717) is 11.5 Å². The number of hydrogen-bond acceptors (Lipinski definition) is 5. The highest BCUT2D eigenvalue weighted by Crippen LogP contribution is 2.49. The fourth-order valence-corrected chi connectivity index (χ4v) is 3.97. The highest BCUT2D eigenvalue weighted by molar-refractivity contribution is 7.26. The van der Waals surface area contributed by atoms with Crippen LogP contribution < -0.4 is 9.26 Å². The molecular formula is C24H29O5P. The number of benzene rings is 2. The number of hydrogen-bond donors (Lipinski definition) is 0. The van der Waals surface area contributed by atoms with Crippen molar-refractivity contribution in [1.82, 2.24) is 0 Å². The van der Waals surface area contributed by atoms with Crippen LogP contribution in [0.3, 0.4) is 0 Å². The quantitative estimate of drug-likeness (QED) is 0.196. The first-order valence-electron chi connectivity index (χ1n) is 10.3. The van der Waals surface area contributed by atoms with Gasteiger partial charge in [-0.3, -0.25) is 9.32 Å². The Bertz CT molecular complexity index is 937. The molecule has 0 amide bonds. The zero-order chi connectivity index (χ0) is 21.7. The van der Waals surface area contributed by atoms with Gasteiger partial charge in [0.25, 0.3) is 0 Å². The molecule has 0 N–H and O–H groups in total. The predicted molar refractivity (Wildman–Crippen MR) is 121 cm³/mol. The van der Waals surface area contributed by atoms with Gasteiger partial charge in [-0.15, -0.1) is 0 Å². The Morgan fingerprint density at radius 1 is 1.20 bits per heavy atom. The molecule has 160 valence electrons. The first kappa shape index (κ1) is 22.3. The molecule has 0 spiro atoms. The van der Waals surface area contributed by atoms with Crippen molar-refractivity contribution in [1.29, 1.82) is 0 Å². The summed E-state index contributed by atoms with van der Waals surface area (Å²) in [5.41, 5.74) is 5.19. The standard InChI is InChI=1S/C24H29O5P/c1-6-7-8-9-19-13-22-24(21-12-15(2)10-11-20(21)16(3)26-22)23(14-19)29-30-28-18(5)27-17(4)25/h10-14,18,30H,3,6-9H2,1-2,4-5H3. The van der Waals surface area contributed by atoms with E-state index in [4.69, 9.17) is 18.5 Å². The third kappa shape index (κ3) is 5.41. The SMILES string of the molecule is C=C1Oc2cc(CCCCC)cc(OPOC(C)OC(C)=O)c2-c2cc(C)ccc21. The summed E-state index contributed by atoms with van der Waals surface area (Å²) in [6, 6.07) is 10.3. The molecule has 0 aliphatic carbocycles. The summed E-state index contributed by atoms with van der Waals surface area (Å²) >= 11 is 0. The summed E-state index contributed by atoms with van der Waals surface area (Å²) in [7, 11) is -0.317. The molecule has 2 unspecified atom stereocenters. The summed E-state index contributed by atoms with van der Waals surface area (Å²) in [6.45, 7) is 11.4. The van der Waals surface area contributed by atoms with E-state index >= 15 is 0 Å². The smallest absolute Gasteiger partial charge is 0.304 e. The molecule has 0 aromatic heterocycles. The molecule has 2 atom stereocenters. The van der Waals surface area contributed by atoms with Gasteiger partial charge < -0.3 is 14.0 Å². The Labute approximate surface area is 180 Å². The molecule has 0 fully saturated rings. The topological polar surface area (TPSA) is 54.0 Å².